The molecule has 7 nitrogen and oxygen atoms in total. The summed E-state index contributed by atoms with van der Waals surface area (Å²) in [5, 5.41) is 29.8. The molecule has 3 rings (SSSR count). The van der Waals surface area contributed by atoms with Gasteiger partial charge in [0.15, 0.2) is 0 Å². The van der Waals surface area contributed by atoms with Gasteiger partial charge in [-0.05, 0) is 12.5 Å². The average molecular weight is 250 g/mol. The van der Waals surface area contributed by atoms with Crippen molar-refractivity contribution in [3.63, 3.8) is 0 Å². The monoisotopic (exact) mass is 250 g/mol. The Balaban J connectivity index is 2.08. The van der Waals surface area contributed by atoms with E-state index >= 15 is 0 Å². The fourth-order valence-corrected chi connectivity index (χ4v) is 2.52. The van der Waals surface area contributed by atoms with Gasteiger partial charge in [0.25, 0.3) is 0 Å². The van der Waals surface area contributed by atoms with Crippen LogP contribution in [-0.4, -0.2) is 48.2 Å². The van der Waals surface area contributed by atoms with E-state index < -0.39 is 24.4 Å². The van der Waals surface area contributed by atoms with Gasteiger partial charge >= 0.3 is 0 Å². The molecule has 2 aromatic heterocycles. The van der Waals surface area contributed by atoms with Gasteiger partial charge in [-0.25, -0.2) is 9.97 Å². The highest BCUT2D eigenvalue weighted by molar-refractivity contribution is 5.86. The quantitative estimate of drug-likeness (QED) is 0.518. The Labute approximate surface area is 103 Å². The van der Waals surface area contributed by atoms with Crippen LogP contribution >= 0.6 is 0 Å². The molecule has 5 N–H and O–H groups in total. The average Bonchev–Trinajstić information content (AvgIpc) is 2.88. The number of aromatic nitrogens is 3. The number of nitrogens with zero attached hydrogens (tertiary/aromatic N) is 3. The number of hydrogen-bond donors (Lipinski definition) is 4. The Kier molecular flexibility index (Phi) is 2.47. The molecule has 96 valence electrons. The van der Waals surface area contributed by atoms with Gasteiger partial charge in [0, 0.05) is 6.20 Å². The maximum Gasteiger partial charge on any atom is 0.145 e. The number of nitrogens with two attached hydrogens (primary N) is 1. The van der Waals surface area contributed by atoms with Crippen molar-refractivity contribution in [1.82, 2.24) is 14.5 Å². The second kappa shape index (κ2) is 3.91. The van der Waals surface area contributed by atoms with E-state index in [0.29, 0.717) is 16.9 Å². The first-order valence-electron chi connectivity index (χ1n) is 5.71. The maximum atomic E-state index is 9.92. The van der Waals surface area contributed by atoms with E-state index in [9.17, 15) is 15.3 Å². The number of rotatable bonds is 1. The first-order chi connectivity index (χ1) is 8.59. The third kappa shape index (κ3) is 1.48. The van der Waals surface area contributed by atoms with Crippen LogP contribution < -0.4 is 5.73 Å². The molecule has 0 aromatic carbocycles. The van der Waals surface area contributed by atoms with Gasteiger partial charge in [0.05, 0.1) is 17.5 Å². The van der Waals surface area contributed by atoms with E-state index in [4.69, 9.17) is 5.73 Å². The van der Waals surface area contributed by atoms with E-state index in [1.165, 1.54) is 6.33 Å². The van der Waals surface area contributed by atoms with Crippen LogP contribution in [0.15, 0.2) is 18.6 Å². The molecule has 4 atom stereocenters. The molecule has 7 heteroatoms. The zero-order valence-electron chi connectivity index (χ0n) is 9.51. The molecule has 1 aliphatic rings. The minimum Gasteiger partial charge on any atom is -0.390 e. The van der Waals surface area contributed by atoms with Crippen LogP contribution in [0.3, 0.4) is 0 Å². The third-order valence-corrected chi connectivity index (χ3v) is 3.52. The van der Waals surface area contributed by atoms with Gasteiger partial charge in [-0.3, -0.25) is 0 Å². The molecule has 18 heavy (non-hydrogen) atoms. The largest absolute Gasteiger partial charge is 0.390 e. The highest BCUT2D eigenvalue weighted by Crippen LogP contribution is 2.33. The topological polar surface area (TPSA) is 117 Å². The zero-order valence-corrected chi connectivity index (χ0v) is 9.51. The standard InChI is InChI=1S/C11H14N4O3/c12-10-5-1-2-15(11(5)14-4-13-10)6-3-7(16)9(18)8(6)17/h1-2,4,6-9,16-18H,3H2,(H2,12,13,14)/t6-,7+,8+,9-/m0/s1. The van der Waals surface area contributed by atoms with Gasteiger partial charge in [-0.2, -0.15) is 0 Å². The van der Waals surface area contributed by atoms with Crippen LogP contribution in [0, 0.1) is 0 Å². The molecule has 0 amide bonds. The number of hydrogen-bond acceptors (Lipinski definition) is 6. The lowest BCUT2D eigenvalue weighted by molar-refractivity contribution is -0.0244. The van der Waals surface area contributed by atoms with Gasteiger partial charge in [-0.1, -0.05) is 0 Å². The van der Waals surface area contributed by atoms with Crippen molar-refractivity contribution in [3.05, 3.63) is 18.6 Å². The second-order valence-corrected chi connectivity index (χ2v) is 4.57. The number of fused-ring (bicyclic) bond motifs is 1. The number of anilines is 1. The van der Waals surface area contributed by atoms with Gasteiger partial charge in [-0.15, -0.1) is 0 Å². The minimum absolute atomic E-state index is 0.274. The Morgan fingerprint density at radius 2 is 2.00 bits per heavy atom. The summed E-state index contributed by atoms with van der Waals surface area (Å²) in [7, 11) is 0. The van der Waals surface area contributed by atoms with Gasteiger partial charge in [0.1, 0.15) is 30.0 Å². The van der Waals surface area contributed by atoms with Crippen molar-refractivity contribution < 1.29 is 15.3 Å². The maximum absolute atomic E-state index is 9.92. The lowest BCUT2D eigenvalue weighted by Crippen LogP contribution is -2.31. The molecule has 1 aliphatic carbocycles. The zero-order chi connectivity index (χ0) is 12.9. The predicted molar refractivity (Wildman–Crippen MR) is 63.6 cm³/mol. The molecule has 0 saturated heterocycles. The number of aliphatic hydroxyl groups is 3. The fraction of sp³-hybridized carbons (Fsp3) is 0.455. The summed E-state index contributed by atoms with van der Waals surface area (Å²) in [5.74, 6) is 0.368. The smallest absolute Gasteiger partial charge is 0.145 e. The number of aliphatic hydroxyl groups excluding tert-OH is 3. The molecule has 1 saturated carbocycles. The summed E-state index contributed by atoms with van der Waals surface area (Å²) in [6.45, 7) is 0. The molecular weight excluding hydrogens is 236 g/mol. The summed E-state index contributed by atoms with van der Waals surface area (Å²) in [6.07, 6.45) is 0.271. The summed E-state index contributed by atoms with van der Waals surface area (Å²) in [4.78, 5) is 8.02. The van der Waals surface area contributed by atoms with Crippen LogP contribution in [0.25, 0.3) is 11.0 Å². The van der Waals surface area contributed by atoms with Crippen LogP contribution in [0.2, 0.25) is 0 Å². The molecule has 2 aromatic rings. The van der Waals surface area contributed by atoms with Gasteiger partial charge in [0.2, 0.25) is 0 Å². The number of nitrogen functional groups attached to an aromatic ring is 1. The van der Waals surface area contributed by atoms with E-state index in [1.54, 1.807) is 16.8 Å². The SMILES string of the molecule is Nc1ncnc2c1ccn2[C@H]1C[C@@H](O)[C@H](O)[C@@H]1O. The molecule has 0 bridgehead atoms. The minimum atomic E-state index is -1.13. The molecule has 1 fully saturated rings. The lowest BCUT2D eigenvalue weighted by Gasteiger charge is -2.18. The highest BCUT2D eigenvalue weighted by atomic mass is 16.4. The Morgan fingerprint density at radius 1 is 1.22 bits per heavy atom. The molecule has 0 aliphatic heterocycles. The summed E-state index contributed by atoms with van der Waals surface area (Å²) < 4.78 is 1.72. The van der Waals surface area contributed by atoms with E-state index in [0.717, 1.165) is 0 Å². The Bertz CT molecular complexity index is 585. The van der Waals surface area contributed by atoms with E-state index in [-0.39, 0.29) is 6.42 Å². The van der Waals surface area contributed by atoms with Crippen molar-refractivity contribution in [1.29, 1.82) is 0 Å². The van der Waals surface area contributed by atoms with Gasteiger partial charge < -0.3 is 25.6 Å². The van der Waals surface area contributed by atoms with Crippen molar-refractivity contribution in [2.45, 2.75) is 30.8 Å². The van der Waals surface area contributed by atoms with E-state index in [2.05, 4.69) is 9.97 Å². The molecule has 2 heterocycles. The molecule has 0 radical (unpaired) electrons. The van der Waals surface area contributed by atoms with Crippen LogP contribution in [0.1, 0.15) is 12.5 Å². The highest BCUT2D eigenvalue weighted by Gasteiger charge is 2.41. The molecule has 0 unspecified atom stereocenters. The van der Waals surface area contributed by atoms with Crippen LogP contribution in [-0.2, 0) is 0 Å². The lowest BCUT2D eigenvalue weighted by atomic mass is 10.2. The van der Waals surface area contributed by atoms with Crippen LogP contribution in [0.5, 0.6) is 0 Å². The Hall–Kier alpha value is -1.70. The Morgan fingerprint density at radius 3 is 2.67 bits per heavy atom. The third-order valence-electron chi connectivity index (χ3n) is 3.52. The van der Waals surface area contributed by atoms with Crippen molar-refractivity contribution in [2.75, 3.05) is 5.73 Å². The summed E-state index contributed by atoms with van der Waals surface area (Å²) in [5.41, 5.74) is 6.32. The van der Waals surface area contributed by atoms with E-state index in [1.807, 2.05) is 0 Å². The first kappa shape index (κ1) is 11.4. The molecule has 0 spiro atoms. The van der Waals surface area contributed by atoms with Crippen LogP contribution in [0.4, 0.5) is 5.82 Å². The molecular formula is C11H14N4O3. The van der Waals surface area contributed by atoms with Crippen molar-refractivity contribution >= 4 is 16.9 Å². The van der Waals surface area contributed by atoms with Crippen molar-refractivity contribution in [3.8, 4) is 0 Å². The predicted octanol–water partition coefficient (Wildman–Crippen LogP) is -0.959. The summed E-state index contributed by atoms with van der Waals surface area (Å²) in [6, 6.07) is 1.34. The normalized spacial score (nSPS) is 32.2. The first-order valence-corrected chi connectivity index (χ1v) is 5.71. The fourth-order valence-electron chi connectivity index (χ4n) is 2.52. The van der Waals surface area contributed by atoms with Crippen molar-refractivity contribution in [2.24, 2.45) is 0 Å². The summed E-state index contributed by atoms with van der Waals surface area (Å²) >= 11 is 0. The second-order valence-electron chi connectivity index (χ2n) is 4.57.